The first kappa shape index (κ1) is 7.85. The van der Waals surface area contributed by atoms with Crippen LogP contribution in [0, 0.1) is 11.8 Å². The van der Waals surface area contributed by atoms with E-state index in [0.717, 1.165) is 12.1 Å². The Bertz CT molecular complexity index is 427. The number of benzene rings is 1. The predicted octanol–water partition coefficient (Wildman–Crippen LogP) is 1.24. The van der Waals surface area contributed by atoms with Gasteiger partial charge in [-0.1, -0.05) is 12.1 Å². The molecular weight excluding hydrogens is 178 g/mol. The summed E-state index contributed by atoms with van der Waals surface area (Å²) in [5.74, 6) is -0.254. The number of carbonyl (C=O) groups is 1. The number of hydrogen-bond donors (Lipinski definition) is 2. The molecule has 3 atom stereocenters. The van der Waals surface area contributed by atoms with Gasteiger partial charge in [0.05, 0.1) is 5.92 Å². The van der Waals surface area contributed by atoms with E-state index >= 15 is 0 Å². The van der Waals surface area contributed by atoms with Crippen LogP contribution in [0.4, 0.5) is 5.69 Å². The molecule has 72 valence electrons. The topological polar surface area (TPSA) is 63.3 Å². The zero-order valence-corrected chi connectivity index (χ0v) is 7.60. The monoisotopic (exact) mass is 189 g/mol. The summed E-state index contributed by atoms with van der Waals surface area (Å²) in [7, 11) is 0. The molecule has 3 N–H and O–H groups in total. The van der Waals surface area contributed by atoms with Crippen molar-refractivity contribution in [2.75, 3.05) is 5.73 Å². The third-order valence-electron chi connectivity index (χ3n) is 3.50. The number of nitrogens with two attached hydrogens (primary N) is 1. The second-order valence-corrected chi connectivity index (χ2v) is 4.17. The number of rotatable bonds is 1. The van der Waals surface area contributed by atoms with E-state index in [4.69, 9.17) is 10.8 Å². The summed E-state index contributed by atoms with van der Waals surface area (Å²) in [6.45, 7) is 0. The Labute approximate surface area is 81.5 Å². The Balaban J connectivity index is 2.03. The molecule has 0 aromatic heterocycles. The zero-order valence-electron chi connectivity index (χ0n) is 7.60. The van der Waals surface area contributed by atoms with Crippen LogP contribution in [-0.4, -0.2) is 11.1 Å². The van der Waals surface area contributed by atoms with Crippen molar-refractivity contribution < 1.29 is 9.90 Å². The summed E-state index contributed by atoms with van der Waals surface area (Å²) >= 11 is 0. The van der Waals surface area contributed by atoms with E-state index in [0.29, 0.717) is 5.92 Å². The van der Waals surface area contributed by atoms with Crippen molar-refractivity contribution in [1.82, 2.24) is 0 Å². The van der Waals surface area contributed by atoms with Gasteiger partial charge in [-0.2, -0.15) is 0 Å². The number of hydrogen-bond acceptors (Lipinski definition) is 2. The first-order valence-electron chi connectivity index (χ1n) is 4.80. The lowest BCUT2D eigenvalue weighted by atomic mass is 10.0. The largest absolute Gasteiger partial charge is 0.481 e. The Morgan fingerprint density at radius 1 is 1.50 bits per heavy atom. The van der Waals surface area contributed by atoms with Gasteiger partial charge in [-0.15, -0.1) is 0 Å². The molecule has 3 nitrogen and oxygen atoms in total. The summed E-state index contributed by atoms with van der Waals surface area (Å²) in [5.41, 5.74) is 9.00. The molecule has 1 saturated carbocycles. The van der Waals surface area contributed by atoms with Crippen molar-refractivity contribution in [2.24, 2.45) is 11.8 Å². The summed E-state index contributed by atoms with van der Waals surface area (Å²) in [4.78, 5) is 10.8. The van der Waals surface area contributed by atoms with Gasteiger partial charge in [-0.25, -0.2) is 0 Å². The lowest BCUT2D eigenvalue weighted by Gasteiger charge is -2.07. The predicted molar refractivity (Wildman–Crippen MR) is 51.9 cm³/mol. The van der Waals surface area contributed by atoms with E-state index in [9.17, 15) is 4.79 Å². The molecule has 1 aromatic rings. The van der Waals surface area contributed by atoms with E-state index < -0.39 is 5.97 Å². The van der Waals surface area contributed by atoms with E-state index in [1.165, 1.54) is 11.1 Å². The highest BCUT2D eigenvalue weighted by Gasteiger charge is 2.59. The SMILES string of the molecule is Nc1cccc2c1CC1C(C(=O)O)C21. The van der Waals surface area contributed by atoms with Gasteiger partial charge in [0, 0.05) is 11.6 Å². The summed E-state index contributed by atoms with van der Waals surface area (Å²) in [5, 5.41) is 8.92. The number of anilines is 1. The summed E-state index contributed by atoms with van der Waals surface area (Å²) in [6.07, 6.45) is 0.851. The Morgan fingerprint density at radius 2 is 2.29 bits per heavy atom. The molecule has 1 fully saturated rings. The zero-order chi connectivity index (χ0) is 9.87. The van der Waals surface area contributed by atoms with Gasteiger partial charge in [0.1, 0.15) is 0 Å². The quantitative estimate of drug-likeness (QED) is 0.653. The van der Waals surface area contributed by atoms with Crippen molar-refractivity contribution in [2.45, 2.75) is 12.3 Å². The van der Waals surface area contributed by atoms with Crippen LogP contribution in [0.5, 0.6) is 0 Å². The van der Waals surface area contributed by atoms with E-state index in [1.54, 1.807) is 0 Å². The van der Waals surface area contributed by atoms with Crippen molar-refractivity contribution in [3.05, 3.63) is 29.3 Å². The van der Waals surface area contributed by atoms with Gasteiger partial charge in [-0.3, -0.25) is 4.79 Å². The molecule has 3 heteroatoms. The molecular formula is C11H11NO2. The molecule has 3 rings (SSSR count). The second-order valence-electron chi connectivity index (χ2n) is 4.17. The first-order valence-corrected chi connectivity index (χ1v) is 4.80. The standard InChI is InChI=1S/C11H11NO2/c12-8-3-1-2-5-6(8)4-7-9(5)10(7)11(13)14/h1-3,7,9-10H,4,12H2,(H,13,14). The maximum absolute atomic E-state index is 10.8. The highest BCUT2D eigenvalue weighted by Crippen LogP contribution is 2.62. The number of fused-ring (bicyclic) bond motifs is 3. The van der Waals surface area contributed by atoms with Gasteiger partial charge in [0.2, 0.25) is 0 Å². The smallest absolute Gasteiger partial charge is 0.307 e. The fourth-order valence-electron chi connectivity index (χ4n) is 2.80. The maximum atomic E-state index is 10.8. The number of carboxylic acid groups (broad SMARTS) is 1. The minimum Gasteiger partial charge on any atom is -0.481 e. The average molecular weight is 189 g/mol. The summed E-state index contributed by atoms with van der Waals surface area (Å²) in [6, 6.07) is 5.81. The van der Waals surface area contributed by atoms with E-state index in [1.807, 2.05) is 18.2 Å². The van der Waals surface area contributed by atoms with E-state index in [2.05, 4.69) is 0 Å². The van der Waals surface area contributed by atoms with Crippen molar-refractivity contribution in [1.29, 1.82) is 0 Å². The van der Waals surface area contributed by atoms with Crippen molar-refractivity contribution in [3.63, 3.8) is 0 Å². The Hall–Kier alpha value is -1.51. The Morgan fingerprint density at radius 3 is 3.00 bits per heavy atom. The van der Waals surface area contributed by atoms with Crippen LogP contribution >= 0.6 is 0 Å². The minimum atomic E-state index is -0.659. The van der Waals surface area contributed by atoms with E-state index in [-0.39, 0.29) is 11.8 Å². The lowest BCUT2D eigenvalue weighted by molar-refractivity contribution is -0.139. The average Bonchev–Trinajstić information content (AvgIpc) is 2.73. The molecule has 0 radical (unpaired) electrons. The fourth-order valence-corrected chi connectivity index (χ4v) is 2.80. The summed E-state index contributed by atoms with van der Waals surface area (Å²) < 4.78 is 0. The molecule has 0 aliphatic heterocycles. The number of carboxylic acids is 1. The molecule has 0 saturated heterocycles. The number of nitrogen functional groups attached to an aromatic ring is 1. The molecule has 3 unspecified atom stereocenters. The van der Waals surface area contributed by atoms with Crippen LogP contribution in [0.2, 0.25) is 0 Å². The van der Waals surface area contributed by atoms with Crippen LogP contribution in [-0.2, 0) is 11.2 Å². The maximum Gasteiger partial charge on any atom is 0.307 e. The van der Waals surface area contributed by atoms with Gasteiger partial charge in [-0.05, 0) is 29.5 Å². The molecule has 0 amide bonds. The minimum absolute atomic E-state index is 0.149. The third-order valence-corrected chi connectivity index (χ3v) is 3.50. The highest BCUT2D eigenvalue weighted by molar-refractivity contribution is 5.78. The molecule has 2 aliphatic carbocycles. The second kappa shape index (κ2) is 2.29. The van der Waals surface area contributed by atoms with Crippen LogP contribution in [0.15, 0.2) is 18.2 Å². The molecule has 14 heavy (non-hydrogen) atoms. The van der Waals surface area contributed by atoms with Crippen LogP contribution in [0.1, 0.15) is 17.0 Å². The van der Waals surface area contributed by atoms with Crippen molar-refractivity contribution >= 4 is 11.7 Å². The Kier molecular flexibility index (Phi) is 1.29. The van der Waals surface area contributed by atoms with Gasteiger partial charge in [0.25, 0.3) is 0 Å². The highest BCUT2D eigenvalue weighted by atomic mass is 16.4. The molecule has 0 spiro atoms. The van der Waals surface area contributed by atoms with Gasteiger partial charge < -0.3 is 10.8 Å². The van der Waals surface area contributed by atoms with Crippen LogP contribution in [0.25, 0.3) is 0 Å². The molecule has 2 aliphatic rings. The van der Waals surface area contributed by atoms with Crippen LogP contribution < -0.4 is 5.73 Å². The first-order chi connectivity index (χ1) is 6.70. The van der Waals surface area contributed by atoms with Gasteiger partial charge in [0.15, 0.2) is 0 Å². The fraction of sp³-hybridized carbons (Fsp3) is 0.364. The van der Waals surface area contributed by atoms with Gasteiger partial charge >= 0.3 is 5.97 Å². The molecule has 0 bridgehead atoms. The molecule has 0 heterocycles. The van der Waals surface area contributed by atoms with Crippen LogP contribution in [0.3, 0.4) is 0 Å². The normalized spacial score (nSPS) is 32.1. The lowest BCUT2D eigenvalue weighted by Crippen LogP contribution is -2.06. The van der Waals surface area contributed by atoms with Crippen molar-refractivity contribution in [3.8, 4) is 0 Å². The number of aliphatic carboxylic acids is 1. The third kappa shape index (κ3) is 0.794. The molecule has 1 aromatic carbocycles.